The Morgan fingerprint density at radius 3 is 2.60 bits per heavy atom. The molecule has 10 heavy (non-hydrogen) atoms. The van der Waals surface area contributed by atoms with Gasteiger partial charge in [-0.2, -0.15) is 0 Å². The van der Waals surface area contributed by atoms with Gasteiger partial charge in [-0.05, 0) is 5.56 Å². The first kappa shape index (κ1) is 7.76. The van der Waals surface area contributed by atoms with Crippen LogP contribution in [0.2, 0.25) is 0 Å². The quantitative estimate of drug-likeness (QED) is 0.679. The summed E-state index contributed by atoms with van der Waals surface area (Å²) in [7, 11) is 0. The van der Waals surface area contributed by atoms with Crippen molar-refractivity contribution in [1.82, 2.24) is 0 Å². The largest absolute Gasteiger partial charge is 0.352 e. The van der Waals surface area contributed by atoms with E-state index in [1.54, 1.807) is 0 Å². The Labute approximate surface area is 69.1 Å². The maximum atomic E-state index is 4.89. The molecule has 0 unspecified atom stereocenters. The van der Waals surface area contributed by atoms with Crippen LogP contribution in [0.3, 0.4) is 0 Å². The molecule has 2 heteroatoms. The fraction of sp³-hybridized carbons (Fsp3) is 0.125. The van der Waals surface area contributed by atoms with Gasteiger partial charge in [-0.1, -0.05) is 46.3 Å². The summed E-state index contributed by atoms with van der Waals surface area (Å²) < 4.78 is 4.89. The Morgan fingerprint density at radius 2 is 2.00 bits per heavy atom. The fourth-order valence-corrected chi connectivity index (χ4v) is 0.731. The normalized spacial score (nSPS) is 9.70. The van der Waals surface area contributed by atoms with Gasteiger partial charge in [-0.15, -0.1) is 0 Å². The lowest BCUT2D eigenvalue weighted by molar-refractivity contribution is 0.278. The molecule has 52 valence electrons. The molecule has 0 atom stereocenters. The first-order valence-electron chi connectivity index (χ1n) is 2.92. The van der Waals surface area contributed by atoms with Gasteiger partial charge >= 0.3 is 0 Å². The van der Waals surface area contributed by atoms with E-state index in [4.69, 9.17) is 4.74 Å². The Bertz CT molecular complexity index is 174. The van der Waals surface area contributed by atoms with Crippen molar-refractivity contribution in [3.63, 3.8) is 0 Å². The molecule has 0 saturated heterocycles. The van der Waals surface area contributed by atoms with E-state index < -0.39 is 0 Å². The zero-order valence-corrected chi connectivity index (χ0v) is 6.97. The molecule has 1 aromatic carbocycles. The highest BCUT2D eigenvalue weighted by molar-refractivity contribution is 9.09. The second kappa shape index (κ2) is 4.47. The van der Waals surface area contributed by atoms with E-state index in [-0.39, 0.29) is 0 Å². The van der Waals surface area contributed by atoms with E-state index in [1.807, 2.05) is 30.3 Å². The van der Waals surface area contributed by atoms with Gasteiger partial charge in [0.15, 0.2) is 6.61 Å². The van der Waals surface area contributed by atoms with Gasteiger partial charge in [0.25, 0.3) is 0 Å². The third-order valence-electron chi connectivity index (χ3n) is 1.02. The van der Waals surface area contributed by atoms with Crippen molar-refractivity contribution in [2.24, 2.45) is 0 Å². The van der Waals surface area contributed by atoms with Gasteiger partial charge < -0.3 is 4.74 Å². The first-order valence-corrected chi connectivity index (χ1v) is 4.04. The summed E-state index contributed by atoms with van der Waals surface area (Å²) in [6, 6.07) is 9.71. The lowest BCUT2D eigenvalue weighted by Crippen LogP contribution is -1.84. The third kappa shape index (κ3) is 2.50. The van der Waals surface area contributed by atoms with Crippen molar-refractivity contribution in [3.05, 3.63) is 42.5 Å². The minimum absolute atomic E-state index is 0.488. The SMILES string of the molecule is BrCO[C]c1ccccc1. The second-order valence-corrected chi connectivity index (χ2v) is 2.18. The van der Waals surface area contributed by atoms with Gasteiger partial charge in [0, 0.05) is 0 Å². The van der Waals surface area contributed by atoms with E-state index in [0.29, 0.717) is 5.52 Å². The smallest absolute Gasteiger partial charge is 0.167 e. The van der Waals surface area contributed by atoms with Crippen LogP contribution in [-0.2, 0) is 4.74 Å². The van der Waals surface area contributed by atoms with E-state index >= 15 is 0 Å². The van der Waals surface area contributed by atoms with Gasteiger partial charge in [-0.25, -0.2) is 0 Å². The molecule has 0 spiro atoms. The fourth-order valence-electron chi connectivity index (χ4n) is 0.617. The molecule has 0 fully saturated rings. The number of halogens is 1. The maximum Gasteiger partial charge on any atom is 0.167 e. The molecule has 1 nitrogen and oxygen atoms in total. The number of alkyl halides is 1. The summed E-state index contributed by atoms with van der Waals surface area (Å²) in [6.07, 6.45) is 0. The van der Waals surface area contributed by atoms with Crippen molar-refractivity contribution < 1.29 is 4.74 Å². The van der Waals surface area contributed by atoms with Crippen LogP contribution in [0.25, 0.3) is 0 Å². The third-order valence-corrected chi connectivity index (χ3v) is 1.25. The van der Waals surface area contributed by atoms with Crippen molar-refractivity contribution in [3.8, 4) is 0 Å². The van der Waals surface area contributed by atoms with Crippen LogP contribution in [0.4, 0.5) is 0 Å². The number of ether oxygens (including phenoxy) is 1. The molecule has 1 rings (SSSR count). The molecule has 1 aromatic rings. The monoisotopic (exact) mass is 198 g/mol. The average Bonchev–Trinajstić information content (AvgIpc) is 2.03. The molecule has 0 N–H and O–H groups in total. The van der Waals surface area contributed by atoms with Crippen LogP contribution in [0.1, 0.15) is 5.56 Å². The highest BCUT2D eigenvalue weighted by Gasteiger charge is 1.90. The summed E-state index contributed by atoms with van der Waals surface area (Å²) in [6.45, 7) is 2.75. The summed E-state index contributed by atoms with van der Waals surface area (Å²) in [5.74, 6) is 0. The van der Waals surface area contributed by atoms with Gasteiger partial charge in [0.05, 0.1) is 0 Å². The molecular weight excluding hydrogens is 192 g/mol. The predicted molar refractivity (Wildman–Crippen MR) is 43.7 cm³/mol. The molecular formula is C8H7BrO. The lowest BCUT2D eigenvalue weighted by Gasteiger charge is -1.95. The highest BCUT2D eigenvalue weighted by atomic mass is 79.9. The maximum absolute atomic E-state index is 4.89. The zero-order valence-electron chi connectivity index (χ0n) is 5.38. The molecule has 2 radical (unpaired) electrons. The molecule has 0 saturated carbocycles. The highest BCUT2D eigenvalue weighted by Crippen LogP contribution is 2.02. The standard InChI is InChI=1S/C8H7BrO/c9-7-10-6-8-4-2-1-3-5-8/h1-5H,7H2. The summed E-state index contributed by atoms with van der Waals surface area (Å²) in [5, 5.41) is 0. The van der Waals surface area contributed by atoms with E-state index in [2.05, 4.69) is 22.5 Å². The van der Waals surface area contributed by atoms with Crippen molar-refractivity contribution >= 4 is 15.9 Å². The van der Waals surface area contributed by atoms with Gasteiger partial charge in [0.2, 0.25) is 0 Å². The number of rotatable bonds is 3. The molecule has 0 heterocycles. The van der Waals surface area contributed by atoms with Crippen LogP contribution in [0.15, 0.2) is 30.3 Å². The lowest BCUT2D eigenvalue weighted by atomic mass is 10.2. The predicted octanol–water partition coefficient (Wildman–Crippen LogP) is 2.44. The van der Waals surface area contributed by atoms with E-state index in [0.717, 1.165) is 5.56 Å². The van der Waals surface area contributed by atoms with Crippen molar-refractivity contribution in [1.29, 1.82) is 0 Å². The van der Waals surface area contributed by atoms with Crippen LogP contribution >= 0.6 is 15.9 Å². The topological polar surface area (TPSA) is 9.23 Å². The summed E-state index contributed by atoms with van der Waals surface area (Å²) >= 11 is 3.12. The summed E-state index contributed by atoms with van der Waals surface area (Å²) in [4.78, 5) is 0. The van der Waals surface area contributed by atoms with Crippen LogP contribution in [0.5, 0.6) is 0 Å². The zero-order chi connectivity index (χ0) is 7.23. The first-order chi connectivity index (χ1) is 4.93. The molecule has 0 aliphatic carbocycles. The molecule has 0 amide bonds. The molecule has 0 aliphatic heterocycles. The Balaban J connectivity index is 2.43. The average molecular weight is 199 g/mol. The number of benzene rings is 1. The van der Waals surface area contributed by atoms with Crippen LogP contribution in [0, 0.1) is 6.61 Å². The molecule has 0 bridgehead atoms. The number of hydrogen-bond acceptors (Lipinski definition) is 1. The Morgan fingerprint density at radius 1 is 1.30 bits per heavy atom. The minimum atomic E-state index is 0.488. The van der Waals surface area contributed by atoms with Gasteiger partial charge in [-0.3, -0.25) is 0 Å². The van der Waals surface area contributed by atoms with Crippen LogP contribution in [-0.4, -0.2) is 5.52 Å². The van der Waals surface area contributed by atoms with Gasteiger partial charge in [0.1, 0.15) is 5.52 Å². The number of hydrogen-bond donors (Lipinski definition) is 0. The Kier molecular flexibility index (Phi) is 3.47. The molecule has 0 aliphatic rings. The summed E-state index contributed by atoms with van der Waals surface area (Å²) in [5.41, 5.74) is 1.45. The second-order valence-electron chi connectivity index (χ2n) is 1.72. The van der Waals surface area contributed by atoms with Crippen molar-refractivity contribution in [2.75, 3.05) is 5.52 Å². The van der Waals surface area contributed by atoms with E-state index in [1.165, 1.54) is 0 Å². The van der Waals surface area contributed by atoms with E-state index in [9.17, 15) is 0 Å². The Hall–Kier alpha value is -0.340. The molecule has 0 aromatic heterocycles. The van der Waals surface area contributed by atoms with Crippen LogP contribution < -0.4 is 0 Å². The van der Waals surface area contributed by atoms with Crippen molar-refractivity contribution in [2.45, 2.75) is 0 Å². The minimum Gasteiger partial charge on any atom is -0.352 e.